The van der Waals surface area contributed by atoms with E-state index in [1.807, 2.05) is 6.07 Å². The van der Waals surface area contributed by atoms with Crippen molar-refractivity contribution in [1.82, 2.24) is 9.38 Å². The van der Waals surface area contributed by atoms with Crippen LogP contribution in [-0.4, -0.2) is 15.9 Å². The van der Waals surface area contributed by atoms with Crippen molar-refractivity contribution >= 4 is 11.5 Å². The van der Waals surface area contributed by atoms with E-state index in [9.17, 15) is 0 Å². The van der Waals surface area contributed by atoms with Crippen molar-refractivity contribution in [3.8, 4) is 0 Å². The van der Waals surface area contributed by atoms with Crippen LogP contribution in [0.5, 0.6) is 0 Å². The number of hydrogen-bond donors (Lipinski definition) is 1. The number of imidazole rings is 1. The first-order valence-electron chi connectivity index (χ1n) is 5.52. The smallest absolute Gasteiger partial charge is 0.207 e. The van der Waals surface area contributed by atoms with Crippen molar-refractivity contribution in [3.63, 3.8) is 0 Å². The lowest BCUT2D eigenvalue weighted by Crippen LogP contribution is -2.06. The van der Waals surface area contributed by atoms with Gasteiger partial charge in [-0.25, -0.2) is 4.98 Å². The Hall–Kier alpha value is -1.51. The zero-order chi connectivity index (χ0) is 10.3. The normalized spacial score (nSPS) is 15.8. The Balaban J connectivity index is 1.94. The van der Waals surface area contributed by atoms with E-state index in [4.69, 9.17) is 0 Å². The molecule has 0 atom stereocenters. The maximum atomic E-state index is 4.54. The number of pyridine rings is 1. The van der Waals surface area contributed by atoms with Crippen LogP contribution < -0.4 is 5.32 Å². The van der Waals surface area contributed by atoms with Crippen LogP contribution in [0, 0.1) is 12.8 Å². The zero-order valence-corrected chi connectivity index (χ0v) is 8.90. The molecule has 3 rings (SSSR count). The highest BCUT2D eigenvalue weighted by Gasteiger charge is 2.21. The third kappa shape index (κ3) is 1.58. The van der Waals surface area contributed by atoms with Gasteiger partial charge in [0.1, 0.15) is 0 Å². The molecule has 1 saturated carbocycles. The highest BCUT2D eigenvalue weighted by Crippen LogP contribution is 2.29. The minimum absolute atomic E-state index is 0.876. The van der Waals surface area contributed by atoms with Crippen LogP contribution >= 0.6 is 0 Å². The molecule has 0 bridgehead atoms. The van der Waals surface area contributed by atoms with E-state index in [0.717, 1.165) is 24.1 Å². The summed E-state index contributed by atoms with van der Waals surface area (Å²) in [5.74, 6) is 1.86. The van der Waals surface area contributed by atoms with Crippen molar-refractivity contribution in [2.75, 3.05) is 11.9 Å². The average Bonchev–Trinajstić information content (AvgIpc) is 3.03. The van der Waals surface area contributed by atoms with E-state index in [0.29, 0.717) is 0 Å². The van der Waals surface area contributed by atoms with Crippen LogP contribution in [0.4, 0.5) is 5.95 Å². The van der Waals surface area contributed by atoms with Gasteiger partial charge in [0.15, 0.2) is 0 Å². The van der Waals surface area contributed by atoms with Gasteiger partial charge in [0.05, 0.1) is 11.2 Å². The molecular weight excluding hydrogens is 186 g/mol. The van der Waals surface area contributed by atoms with Crippen molar-refractivity contribution in [3.05, 3.63) is 30.1 Å². The molecule has 3 heteroatoms. The number of anilines is 1. The largest absolute Gasteiger partial charge is 0.355 e. The van der Waals surface area contributed by atoms with Gasteiger partial charge in [0.2, 0.25) is 5.95 Å². The fourth-order valence-electron chi connectivity index (χ4n) is 1.87. The summed E-state index contributed by atoms with van der Waals surface area (Å²) in [5.41, 5.74) is 2.28. The summed E-state index contributed by atoms with van der Waals surface area (Å²) < 4.78 is 2.12. The Bertz CT molecular complexity index is 483. The molecule has 3 nitrogen and oxygen atoms in total. The minimum atomic E-state index is 0.876. The van der Waals surface area contributed by atoms with Crippen LogP contribution in [0.3, 0.4) is 0 Å². The van der Waals surface area contributed by atoms with E-state index < -0.39 is 0 Å². The van der Waals surface area contributed by atoms with Gasteiger partial charge >= 0.3 is 0 Å². The van der Waals surface area contributed by atoms with Gasteiger partial charge in [-0.3, -0.25) is 4.40 Å². The molecule has 0 spiro atoms. The van der Waals surface area contributed by atoms with Crippen LogP contribution in [0.25, 0.3) is 5.52 Å². The monoisotopic (exact) mass is 201 g/mol. The second-order valence-corrected chi connectivity index (χ2v) is 4.30. The van der Waals surface area contributed by atoms with E-state index in [1.54, 1.807) is 0 Å². The first-order valence-corrected chi connectivity index (χ1v) is 5.52. The topological polar surface area (TPSA) is 29.3 Å². The highest BCUT2D eigenvalue weighted by molar-refractivity contribution is 5.57. The molecule has 2 aromatic heterocycles. The molecule has 0 radical (unpaired) electrons. The van der Waals surface area contributed by atoms with Crippen LogP contribution in [-0.2, 0) is 0 Å². The maximum Gasteiger partial charge on any atom is 0.207 e. The third-order valence-corrected chi connectivity index (χ3v) is 2.98. The van der Waals surface area contributed by atoms with Gasteiger partial charge < -0.3 is 5.32 Å². The number of aryl methyl sites for hydroxylation is 1. The van der Waals surface area contributed by atoms with E-state index in [-0.39, 0.29) is 0 Å². The Morgan fingerprint density at radius 3 is 3.13 bits per heavy atom. The van der Waals surface area contributed by atoms with E-state index >= 15 is 0 Å². The van der Waals surface area contributed by atoms with Crippen molar-refractivity contribution in [1.29, 1.82) is 0 Å². The lowest BCUT2D eigenvalue weighted by atomic mass is 10.3. The summed E-state index contributed by atoms with van der Waals surface area (Å²) in [6, 6.07) is 6.19. The zero-order valence-electron chi connectivity index (χ0n) is 8.90. The Morgan fingerprint density at radius 1 is 1.47 bits per heavy atom. The van der Waals surface area contributed by atoms with Crippen LogP contribution in [0.1, 0.15) is 18.5 Å². The molecule has 1 aliphatic rings. The number of hydrogen-bond acceptors (Lipinski definition) is 2. The Labute approximate surface area is 89.1 Å². The molecule has 0 saturated heterocycles. The summed E-state index contributed by atoms with van der Waals surface area (Å²) >= 11 is 0. The molecule has 2 aromatic rings. The second kappa shape index (κ2) is 3.26. The van der Waals surface area contributed by atoms with E-state index in [2.05, 4.69) is 40.0 Å². The second-order valence-electron chi connectivity index (χ2n) is 4.30. The number of rotatable bonds is 3. The van der Waals surface area contributed by atoms with Crippen LogP contribution in [0.2, 0.25) is 0 Å². The lowest BCUT2D eigenvalue weighted by molar-refractivity contribution is 0.872. The minimum Gasteiger partial charge on any atom is -0.355 e. The predicted octanol–water partition coefficient (Wildman–Crippen LogP) is 2.46. The first kappa shape index (κ1) is 8.77. The molecule has 0 aliphatic heterocycles. The maximum absolute atomic E-state index is 4.54. The van der Waals surface area contributed by atoms with Gasteiger partial charge in [-0.2, -0.15) is 0 Å². The summed E-state index contributed by atoms with van der Waals surface area (Å²) in [4.78, 5) is 4.54. The molecule has 0 amide bonds. The fraction of sp³-hybridized carbons (Fsp3) is 0.417. The van der Waals surface area contributed by atoms with E-state index in [1.165, 1.54) is 18.4 Å². The number of nitrogens with zero attached hydrogens (tertiary/aromatic N) is 2. The third-order valence-electron chi connectivity index (χ3n) is 2.98. The number of nitrogens with one attached hydrogen (secondary N) is 1. The van der Waals surface area contributed by atoms with Gasteiger partial charge in [-0.05, 0) is 37.8 Å². The molecular formula is C12H15N3. The summed E-state index contributed by atoms with van der Waals surface area (Å²) in [7, 11) is 0. The Morgan fingerprint density at radius 2 is 2.33 bits per heavy atom. The molecule has 0 aromatic carbocycles. The summed E-state index contributed by atoms with van der Waals surface area (Å²) in [5, 5.41) is 3.42. The Kier molecular flexibility index (Phi) is 1.91. The number of fused-ring (bicyclic) bond motifs is 1. The lowest BCUT2D eigenvalue weighted by Gasteiger charge is -2.03. The van der Waals surface area contributed by atoms with Gasteiger partial charge in [-0.15, -0.1) is 0 Å². The van der Waals surface area contributed by atoms with Gasteiger partial charge in [0, 0.05) is 12.7 Å². The molecule has 1 aliphatic carbocycles. The molecule has 78 valence electrons. The van der Waals surface area contributed by atoms with Gasteiger partial charge in [-0.1, -0.05) is 6.07 Å². The van der Waals surface area contributed by atoms with Crippen molar-refractivity contribution in [2.24, 2.45) is 5.92 Å². The van der Waals surface area contributed by atoms with Gasteiger partial charge in [0.25, 0.3) is 0 Å². The predicted molar refractivity (Wildman–Crippen MR) is 61.1 cm³/mol. The quantitative estimate of drug-likeness (QED) is 0.826. The number of aromatic nitrogens is 2. The average molecular weight is 201 g/mol. The summed E-state index contributed by atoms with van der Waals surface area (Å²) in [6.45, 7) is 3.12. The van der Waals surface area contributed by atoms with Crippen molar-refractivity contribution < 1.29 is 0 Å². The molecule has 1 fully saturated rings. The SMILES string of the molecule is Cc1nc(NCC2CC2)n2ccccc12. The standard InChI is InChI=1S/C12H15N3/c1-9-11-4-2-3-7-15(11)12(14-9)13-8-10-5-6-10/h2-4,7,10H,5-6,8H2,1H3,(H,13,14). The molecule has 0 unspecified atom stereocenters. The molecule has 1 N–H and O–H groups in total. The first-order chi connectivity index (χ1) is 7.34. The van der Waals surface area contributed by atoms with Crippen molar-refractivity contribution in [2.45, 2.75) is 19.8 Å². The molecule has 15 heavy (non-hydrogen) atoms. The summed E-state index contributed by atoms with van der Waals surface area (Å²) in [6.07, 6.45) is 4.80. The van der Waals surface area contributed by atoms with Crippen LogP contribution in [0.15, 0.2) is 24.4 Å². The fourth-order valence-corrected chi connectivity index (χ4v) is 1.87. The highest BCUT2D eigenvalue weighted by atomic mass is 15.2. The molecule has 2 heterocycles.